The molecule has 0 N–H and O–H groups in total. The smallest absolute Gasteiger partial charge is 0.334 e. The van der Waals surface area contributed by atoms with Crippen LogP contribution in [0, 0.1) is 0 Å². The van der Waals surface area contributed by atoms with Crippen LogP contribution in [0.25, 0.3) is 0 Å². The third-order valence-electron chi connectivity index (χ3n) is 2.22. The summed E-state index contributed by atoms with van der Waals surface area (Å²) in [6.07, 6.45) is 5.29. The molecule has 0 aromatic carbocycles. The zero-order valence-corrected chi connectivity index (χ0v) is 9.52. The maximum absolute atomic E-state index is 11.3. The van der Waals surface area contributed by atoms with Crippen molar-refractivity contribution >= 4 is 21.9 Å². The third kappa shape index (κ3) is 3.14. The van der Waals surface area contributed by atoms with Gasteiger partial charge in [0.15, 0.2) is 4.51 Å². The van der Waals surface area contributed by atoms with Crippen molar-refractivity contribution in [3.63, 3.8) is 0 Å². The van der Waals surface area contributed by atoms with E-state index in [1.165, 1.54) is 6.42 Å². The highest BCUT2D eigenvalue weighted by atomic mass is 79.9. The van der Waals surface area contributed by atoms with Gasteiger partial charge in [0, 0.05) is 5.57 Å². The summed E-state index contributed by atoms with van der Waals surface area (Å²) < 4.78 is 4.90. The van der Waals surface area contributed by atoms with Gasteiger partial charge in [-0.2, -0.15) is 0 Å². The Kier molecular flexibility index (Phi) is 3.54. The Morgan fingerprint density at radius 2 is 1.92 bits per heavy atom. The van der Waals surface area contributed by atoms with E-state index in [-0.39, 0.29) is 5.97 Å². The molecule has 0 unspecified atom stereocenters. The molecule has 0 atom stereocenters. The molecular weight excluding hydrogens is 232 g/mol. The number of rotatable bonds is 2. The minimum absolute atomic E-state index is 0.293. The Hall–Kier alpha value is -0.310. The molecule has 0 amide bonds. The predicted octanol–water partition coefficient (Wildman–Crippen LogP) is 3.16. The van der Waals surface area contributed by atoms with Gasteiger partial charge < -0.3 is 4.74 Å². The lowest BCUT2D eigenvalue weighted by Crippen LogP contribution is -2.30. The van der Waals surface area contributed by atoms with E-state index in [1.54, 1.807) is 6.92 Å². The zero-order chi connectivity index (χ0) is 9.90. The van der Waals surface area contributed by atoms with Crippen LogP contribution in [-0.2, 0) is 9.53 Å². The van der Waals surface area contributed by atoms with E-state index in [2.05, 4.69) is 22.5 Å². The first-order valence-corrected chi connectivity index (χ1v) is 5.41. The fourth-order valence-electron chi connectivity index (χ4n) is 1.44. The maximum Gasteiger partial charge on any atom is 0.334 e. The van der Waals surface area contributed by atoms with Crippen LogP contribution >= 0.6 is 15.9 Å². The van der Waals surface area contributed by atoms with Crippen LogP contribution in [0.2, 0.25) is 0 Å². The Morgan fingerprint density at radius 1 is 1.38 bits per heavy atom. The summed E-state index contributed by atoms with van der Waals surface area (Å²) in [4.78, 5) is 11.3. The SMILES string of the molecule is C=C(C)C(=O)OC1(Br)CCCCC1. The highest BCUT2D eigenvalue weighted by Gasteiger charge is 2.32. The molecule has 1 fully saturated rings. The second-order valence-corrected chi connectivity index (χ2v) is 5.06. The lowest BCUT2D eigenvalue weighted by atomic mass is 9.97. The van der Waals surface area contributed by atoms with Crippen LogP contribution in [0.3, 0.4) is 0 Å². The van der Waals surface area contributed by atoms with Gasteiger partial charge in [0.1, 0.15) is 0 Å². The fourth-order valence-corrected chi connectivity index (χ4v) is 2.14. The highest BCUT2D eigenvalue weighted by molar-refractivity contribution is 9.10. The topological polar surface area (TPSA) is 26.3 Å². The number of esters is 1. The summed E-state index contributed by atoms with van der Waals surface area (Å²) in [7, 11) is 0. The molecule has 0 spiro atoms. The van der Waals surface area contributed by atoms with Gasteiger partial charge in [-0.15, -0.1) is 0 Å². The van der Waals surface area contributed by atoms with Gasteiger partial charge in [-0.25, -0.2) is 4.79 Å². The van der Waals surface area contributed by atoms with E-state index in [0.29, 0.717) is 5.57 Å². The van der Waals surface area contributed by atoms with E-state index in [9.17, 15) is 4.79 Å². The summed E-state index contributed by atoms with van der Waals surface area (Å²) >= 11 is 3.48. The molecule has 0 aromatic rings. The molecule has 1 rings (SSSR count). The fraction of sp³-hybridized carbons (Fsp3) is 0.700. The molecule has 0 aliphatic heterocycles. The first-order chi connectivity index (χ1) is 6.03. The molecule has 0 bridgehead atoms. The first kappa shape index (κ1) is 10.8. The molecular formula is C10H15BrO2. The number of hydrogen-bond donors (Lipinski definition) is 0. The van der Waals surface area contributed by atoms with Gasteiger partial charge in [-0.1, -0.05) is 13.0 Å². The summed E-state index contributed by atoms with van der Waals surface area (Å²) in [5, 5.41) is 0. The molecule has 2 nitrogen and oxygen atoms in total. The number of alkyl halides is 1. The third-order valence-corrected chi connectivity index (χ3v) is 3.18. The number of halogens is 1. The Balaban J connectivity index is 2.50. The number of carbonyl (C=O) groups excluding carboxylic acids is 1. The quantitative estimate of drug-likeness (QED) is 0.425. The van der Waals surface area contributed by atoms with Crippen LogP contribution in [-0.4, -0.2) is 10.5 Å². The summed E-state index contributed by atoms with van der Waals surface area (Å²) in [5.41, 5.74) is 0.462. The molecule has 1 aliphatic carbocycles. The molecule has 74 valence electrons. The molecule has 13 heavy (non-hydrogen) atoms. The molecule has 0 radical (unpaired) electrons. The van der Waals surface area contributed by atoms with Crippen LogP contribution in [0.15, 0.2) is 12.2 Å². The standard InChI is InChI=1S/C10H15BrO2/c1-8(2)9(12)13-10(11)6-4-3-5-7-10/h1,3-7H2,2H3. The van der Waals surface area contributed by atoms with Crippen molar-refractivity contribution in [3.8, 4) is 0 Å². The van der Waals surface area contributed by atoms with E-state index < -0.39 is 4.51 Å². The van der Waals surface area contributed by atoms with Crippen LogP contribution in [0.1, 0.15) is 39.0 Å². The van der Waals surface area contributed by atoms with Crippen molar-refractivity contribution in [3.05, 3.63) is 12.2 Å². The molecule has 0 saturated heterocycles. The molecule has 1 saturated carbocycles. The largest absolute Gasteiger partial charge is 0.444 e. The van der Waals surface area contributed by atoms with Gasteiger partial charge in [0.05, 0.1) is 0 Å². The summed E-state index contributed by atoms with van der Waals surface area (Å²) in [6.45, 7) is 5.22. The van der Waals surface area contributed by atoms with Crippen molar-refractivity contribution in [1.29, 1.82) is 0 Å². The summed E-state index contributed by atoms with van der Waals surface area (Å²) in [6, 6.07) is 0. The Bertz CT molecular complexity index is 217. The lowest BCUT2D eigenvalue weighted by molar-refractivity contribution is -0.147. The van der Waals surface area contributed by atoms with E-state index >= 15 is 0 Å². The van der Waals surface area contributed by atoms with E-state index in [1.807, 2.05) is 0 Å². The Morgan fingerprint density at radius 3 is 2.38 bits per heavy atom. The van der Waals surface area contributed by atoms with Crippen molar-refractivity contribution in [2.24, 2.45) is 0 Å². The predicted molar refractivity (Wildman–Crippen MR) is 55.6 cm³/mol. The highest BCUT2D eigenvalue weighted by Crippen LogP contribution is 2.37. The molecule has 0 heterocycles. The Labute approximate surface area is 87.5 Å². The number of carbonyl (C=O) groups is 1. The number of hydrogen-bond acceptors (Lipinski definition) is 2. The molecule has 3 heteroatoms. The maximum atomic E-state index is 11.3. The van der Waals surface area contributed by atoms with Crippen LogP contribution < -0.4 is 0 Å². The van der Waals surface area contributed by atoms with Gasteiger partial charge in [0.2, 0.25) is 0 Å². The number of ether oxygens (including phenoxy) is 1. The van der Waals surface area contributed by atoms with E-state index in [0.717, 1.165) is 25.7 Å². The molecule has 0 aromatic heterocycles. The van der Waals surface area contributed by atoms with Gasteiger partial charge in [0.25, 0.3) is 0 Å². The minimum Gasteiger partial charge on any atom is -0.444 e. The molecule has 1 aliphatic rings. The van der Waals surface area contributed by atoms with Crippen molar-refractivity contribution in [2.75, 3.05) is 0 Å². The van der Waals surface area contributed by atoms with Gasteiger partial charge in [-0.3, -0.25) is 0 Å². The monoisotopic (exact) mass is 246 g/mol. The van der Waals surface area contributed by atoms with Gasteiger partial charge >= 0.3 is 5.97 Å². The first-order valence-electron chi connectivity index (χ1n) is 4.61. The lowest BCUT2D eigenvalue weighted by Gasteiger charge is -2.31. The van der Waals surface area contributed by atoms with Crippen molar-refractivity contribution in [1.82, 2.24) is 0 Å². The minimum atomic E-state index is -0.415. The zero-order valence-electron chi connectivity index (χ0n) is 7.94. The van der Waals surface area contributed by atoms with Crippen LogP contribution in [0.5, 0.6) is 0 Å². The second-order valence-electron chi connectivity index (χ2n) is 3.61. The van der Waals surface area contributed by atoms with Gasteiger partial charge in [-0.05, 0) is 48.5 Å². The van der Waals surface area contributed by atoms with Crippen LogP contribution in [0.4, 0.5) is 0 Å². The van der Waals surface area contributed by atoms with Crippen molar-refractivity contribution < 1.29 is 9.53 Å². The summed E-state index contributed by atoms with van der Waals surface area (Å²) in [5.74, 6) is -0.293. The average molecular weight is 247 g/mol. The normalized spacial score (nSPS) is 20.8. The van der Waals surface area contributed by atoms with Crippen molar-refractivity contribution in [2.45, 2.75) is 43.5 Å². The average Bonchev–Trinajstić information content (AvgIpc) is 2.04. The second kappa shape index (κ2) is 4.27. The van der Waals surface area contributed by atoms with E-state index in [4.69, 9.17) is 4.74 Å².